The van der Waals surface area contributed by atoms with E-state index in [0.29, 0.717) is 57.7 Å². The summed E-state index contributed by atoms with van der Waals surface area (Å²) in [4.78, 5) is 23.9. The summed E-state index contributed by atoms with van der Waals surface area (Å²) >= 11 is 0. The van der Waals surface area contributed by atoms with Gasteiger partial charge < -0.3 is 47.4 Å². The van der Waals surface area contributed by atoms with Gasteiger partial charge in [0.05, 0.1) is 72.7 Å². The number of rotatable bonds is 30. The number of hydrogen-bond acceptors (Lipinski definition) is 12. The number of carbonyl (C=O) groups excluding carboxylic acids is 2. The van der Waals surface area contributed by atoms with Crippen molar-refractivity contribution in [2.45, 2.75) is 65.1 Å². The third kappa shape index (κ3) is 15.6. The third-order valence-electron chi connectivity index (χ3n) is 10.0. The maximum atomic E-state index is 12.0. The van der Waals surface area contributed by atoms with Crippen LogP contribution in [0.2, 0.25) is 0 Å². The van der Waals surface area contributed by atoms with Gasteiger partial charge in [-0.15, -0.1) is 0 Å². The van der Waals surface area contributed by atoms with Crippen LogP contribution in [0.3, 0.4) is 0 Å². The Morgan fingerprint density at radius 3 is 1.57 bits per heavy atom. The van der Waals surface area contributed by atoms with Gasteiger partial charge in [0.1, 0.15) is 24.7 Å². The number of carbonyl (C=O) groups is 2. The number of ether oxygens (including phenoxy) is 10. The molecule has 0 aliphatic carbocycles. The Balaban J connectivity index is 1.47. The zero-order chi connectivity index (χ0) is 40.9. The predicted octanol–water partition coefficient (Wildman–Crippen LogP) is 6.52. The van der Waals surface area contributed by atoms with Crippen molar-refractivity contribution in [2.24, 2.45) is 10.8 Å². The van der Waals surface area contributed by atoms with Crippen LogP contribution in [0.5, 0.6) is 11.5 Å². The molecule has 3 atom stereocenters. The predicted molar refractivity (Wildman–Crippen MR) is 213 cm³/mol. The fraction of sp³-hybridized carbons (Fsp3) is 0.591. The topological polar surface area (TPSA) is 126 Å². The van der Waals surface area contributed by atoms with Crippen LogP contribution in [0.4, 0.5) is 0 Å². The molecule has 1 fully saturated rings. The van der Waals surface area contributed by atoms with Crippen LogP contribution in [0.25, 0.3) is 0 Å². The Labute approximate surface area is 333 Å². The molecule has 0 radical (unpaired) electrons. The summed E-state index contributed by atoms with van der Waals surface area (Å²) in [6.07, 6.45) is 2.94. The second kappa shape index (κ2) is 24.1. The molecule has 2 aromatic carbocycles. The molecule has 3 unspecified atom stereocenters. The molecule has 0 bridgehead atoms. The fourth-order valence-corrected chi connectivity index (χ4v) is 5.78. The molecule has 56 heavy (non-hydrogen) atoms. The Kier molecular flexibility index (Phi) is 20.1. The molecule has 3 rings (SSSR count). The maximum Gasteiger partial charge on any atom is 0.330 e. The van der Waals surface area contributed by atoms with E-state index < -0.39 is 24.1 Å². The molecule has 12 nitrogen and oxygen atoms in total. The average Bonchev–Trinajstić information content (AvgIpc) is 3.19. The van der Waals surface area contributed by atoms with Crippen molar-refractivity contribution in [1.82, 2.24) is 0 Å². The van der Waals surface area contributed by atoms with Crippen LogP contribution in [-0.4, -0.2) is 117 Å². The first-order chi connectivity index (χ1) is 26.9. The van der Waals surface area contributed by atoms with Crippen LogP contribution in [0.1, 0.15) is 58.6 Å². The van der Waals surface area contributed by atoms with E-state index in [1.807, 2.05) is 48.5 Å². The highest BCUT2D eigenvalue weighted by Crippen LogP contribution is 2.34. The minimum atomic E-state index is -0.630. The lowest BCUT2D eigenvalue weighted by atomic mass is 9.78. The van der Waals surface area contributed by atoms with Crippen LogP contribution in [0.15, 0.2) is 73.8 Å². The van der Waals surface area contributed by atoms with Gasteiger partial charge in [-0.1, -0.05) is 72.0 Å². The molecule has 2 aromatic rings. The van der Waals surface area contributed by atoms with Gasteiger partial charge in [-0.05, 0) is 48.2 Å². The molecular weight excluding hydrogens is 720 g/mol. The number of esters is 2. The van der Waals surface area contributed by atoms with E-state index in [1.165, 1.54) is 0 Å². The summed E-state index contributed by atoms with van der Waals surface area (Å²) < 4.78 is 56.7. The van der Waals surface area contributed by atoms with Crippen molar-refractivity contribution in [2.75, 3.05) is 93.0 Å². The van der Waals surface area contributed by atoms with Gasteiger partial charge in [0.2, 0.25) is 0 Å². The van der Waals surface area contributed by atoms with Crippen LogP contribution in [-0.2, 0) is 52.9 Å². The molecule has 0 aromatic heterocycles. The number of methoxy groups -OCH3 is 1. The highest BCUT2D eigenvalue weighted by atomic mass is 16.6. The maximum absolute atomic E-state index is 12.0. The van der Waals surface area contributed by atoms with Gasteiger partial charge in [0.15, 0.2) is 12.2 Å². The highest BCUT2D eigenvalue weighted by Gasteiger charge is 2.37. The quantitative estimate of drug-likeness (QED) is 0.0487. The molecule has 0 N–H and O–H groups in total. The van der Waals surface area contributed by atoms with Crippen LogP contribution >= 0.6 is 0 Å². The van der Waals surface area contributed by atoms with Crippen LogP contribution < -0.4 is 9.47 Å². The lowest BCUT2D eigenvalue weighted by Gasteiger charge is -2.40. The Bertz CT molecular complexity index is 1450. The van der Waals surface area contributed by atoms with Gasteiger partial charge in [0.25, 0.3) is 0 Å². The molecule has 1 heterocycles. The molecule has 312 valence electrons. The lowest BCUT2D eigenvalue weighted by Crippen LogP contribution is -2.45. The molecule has 0 saturated carbocycles. The first-order valence-electron chi connectivity index (χ1n) is 19.4. The summed E-state index contributed by atoms with van der Waals surface area (Å²) in [6, 6.07) is 15.6. The monoisotopic (exact) mass is 784 g/mol. The van der Waals surface area contributed by atoms with E-state index in [4.69, 9.17) is 47.4 Å². The zero-order valence-electron chi connectivity index (χ0n) is 34.3. The normalized spacial score (nSPS) is 15.8. The zero-order valence-corrected chi connectivity index (χ0v) is 34.3. The van der Waals surface area contributed by atoms with Crippen molar-refractivity contribution in [3.8, 4) is 11.5 Å². The van der Waals surface area contributed by atoms with Crippen molar-refractivity contribution in [3.05, 3.63) is 85.0 Å². The van der Waals surface area contributed by atoms with E-state index in [2.05, 4.69) is 47.8 Å². The van der Waals surface area contributed by atoms with Gasteiger partial charge >= 0.3 is 11.9 Å². The molecule has 0 spiro atoms. The highest BCUT2D eigenvalue weighted by molar-refractivity contribution is 5.81. The summed E-state index contributed by atoms with van der Waals surface area (Å²) in [7, 11) is 1.69. The van der Waals surface area contributed by atoms with E-state index in [-0.39, 0.29) is 42.7 Å². The van der Waals surface area contributed by atoms with E-state index >= 15 is 0 Å². The van der Waals surface area contributed by atoms with Gasteiger partial charge in [-0.25, -0.2) is 9.59 Å². The summed E-state index contributed by atoms with van der Waals surface area (Å²) in [5, 5.41) is 0. The standard InChI is InChI=1S/C44H64O12/c1-9-40(45)55-38(25-48-21-23-50-30-43(7,11-3)29-47-8)27-53-36-17-13-34(14-18-36)42(5,6)35-15-19-37(20-16-35)54-28-39(56-41(46)10-2)26-49-22-24-51-31-44(12-4)32-52-33-44/h9-10,13-20,38-39H,1-2,11-12,21-33H2,3-8H3. The van der Waals surface area contributed by atoms with E-state index in [9.17, 15) is 9.59 Å². The minimum absolute atomic E-state index is 0.0533. The molecular formula is C44H64O12. The largest absolute Gasteiger partial charge is 0.490 e. The Morgan fingerprint density at radius 1 is 0.714 bits per heavy atom. The number of hydrogen-bond donors (Lipinski definition) is 0. The molecule has 12 heteroatoms. The summed E-state index contributed by atoms with van der Waals surface area (Å²) in [5.74, 6) is 0.170. The lowest BCUT2D eigenvalue weighted by molar-refractivity contribution is -0.155. The van der Waals surface area contributed by atoms with Crippen LogP contribution in [0, 0.1) is 10.8 Å². The van der Waals surface area contributed by atoms with Gasteiger partial charge in [-0.3, -0.25) is 0 Å². The fourth-order valence-electron chi connectivity index (χ4n) is 5.78. The second-order valence-electron chi connectivity index (χ2n) is 15.0. The summed E-state index contributed by atoms with van der Waals surface area (Å²) in [6.45, 7) is 23.0. The molecule has 1 saturated heterocycles. The molecule has 1 aliphatic rings. The minimum Gasteiger partial charge on any atom is -0.490 e. The Morgan fingerprint density at radius 2 is 1.18 bits per heavy atom. The van der Waals surface area contributed by atoms with Crippen molar-refractivity contribution < 1.29 is 57.0 Å². The van der Waals surface area contributed by atoms with Crippen molar-refractivity contribution in [1.29, 1.82) is 0 Å². The first-order valence-corrected chi connectivity index (χ1v) is 19.4. The second-order valence-corrected chi connectivity index (χ2v) is 15.0. The van der Waals surface area contributed by atoms with E-state index in [0.717, 1.165) is 49.3 Å². The Hall–Kier alpha value is -3.78. The molecule has 0 amide bonds. The smallest absolute Gasteiger partial charge is 0.330 e. The third-order valence-corrected chi connectivity index (χ3v) is 10.0. The van der Waals surface area contributed by atoms with Crippen molar-refractivity contribution in [3.63, 3.8) is 0 Å². The van der Waals surface area contributed by atoms with Gasteiger partial charge in [0, 0.05) is 35.5 Å². The molecule has 1 aliphatic heterocycles. The van der Waals surface area contributed by atoms with Gasteiger partial charge in [-0.2, -0.15) is 0 Å². The van der Waals surface area contributed by atoms with Crippen molar-refractivity contribution >= 4 is 11.9 Å². The average molecular weight is 785 g/mol. The number of benzene rings is 2. The van der Waals surface area contributed by atoms with E-state index in [1.54, 1.807) is 7.11 Å². The summed E-state index contributed by atoms with van der Waals surface area (Å²) in [5.41, 5.74) is 1.87. The SMILES string of the molecule is C=CC(=O)OC(COCCOCC(C)(CC)COC)COc1ccc(C(C)(C)c2ccc(OCC(COCCOCC3(CC)COC3)OC(=O)C=C)cc2)cc1. The first kappa shape index (κ1) is 46.6.